The fourth-order valence-electron chi connectivity index (χ4n) is 9.09. The van der Waals surface area contributed by atoms with Crippen LogP contribution >= 0.6 is 11.3 Å². The first-order chi connectivity index (χ1) is 26.8. The molecule has 0 saturated heterocycles. The first-order valence-corrected chi connectivity index (χ1v) is 19.3. The molecule has 2 heteroatoms. The van der Waals surface area contributed by atoms with E-state index in [1.54, 1.807) is 0 Å². The van der Waals surface area contributed by atoms with Gasteiger partial charge in [0, 0.05) is 30.9 Å². The molecule has 10 aromatic carbocycles. The standard InChI is InChI=1S/C52H30OS/c1-2-12-31(13-3-1)34-25-26-43(37-17-7-6-16-36(34)37)51-41-20-10-8-18-39(41)50(40-19-9-11-21-42(40)51)33-22-24-38-44-29-45-47(30-49(44)54-48(38)28-33)53-46-27-23-32-14-4-5-15-35(32)52(45)46/h1-30H. The fraction of sp³-hybridized carbons (Fsp3) is 0. The summed E-state index contributed by atoms with van der Waals surface area (Å²) in [4.78, 5) is 0. The van der Waals surface area contributed by atoms with Crippen LogP contribution in [0.25, 0.3) is 119 Å². The second-order valence-electron chi connectivity index (χ2n) is 14.3. The highest BCUT2D eigenvalue weighted by Crippen LogP contribution is 2.48. The van der Waals surface area contributed by atoms with Crippen molar-refractivity contribution in [3.8, 4) is 33.4 Å². The van der Waals surface area contributed by atoms with Gasteiger partial charge in [0.2, 0.25) is 0 Å². The Bertz CT molecular complexity index is 3440. The van der Waals surface area contributed by atoms with E-state index < -0.39 is 0 Å². The zero-order chi connectivity index (χ0) is 35.3. The Morgan fingerprint density at radius 1 is 0.315 bits per heavy atom. The third-order valence-corrected chi connectivity index (χ3v) is 12.6. The third-order valence-electron chi connectivity index (χ3n) is 11.5. The Kier molecular flexibility index (Phi) is 6.28. The van der Waals surface area contributed by atoms with Gasteiger partial charge in [-0.3, -0.25) is 0 Å². The lowest BCUT2D eigenvalue weighted by atomic mass is 9.83. The predicted molar refractivity (Wildman–Crippen MR) is 233 cm³/mol. The lowest BCUT2D eigenvalue weighted by Crippen LogP contribution is -1.92. The maximum Gasteiger partial charge on any atom is 0.136 e. The molecule has 0 fully saturated rings. The van der Waals surface area contributed by atoms with Crippen LogP contribution in [0, 0.1) is 0 Å². The summed E-state index contributed by atoms with van der Waals surface area (Å²) in [6.45, 7) is 0. The minimum Gasteiger partial charge on any atom is -0.456 e. The van der Waals surface area contributed by atoms with Crippen molar-refractivity contribution in [2.75, 3.05) is 0 Å². The molecule has 0 spiro atoms. The van der Waals surface area contributed by atoms with E-state index >= 15 is 0 Å². The molecular formula is C52H30OS. The van der Waals surface area contributed by atoms with Crippen LogP contribution in [0.4, 0.5) is 0 Å². The van der Waals surface area contributed by atoms with Crippen LogP contribution < -0.4 is 0 Å². The summed E-state index contributed by atoms with van der Waals surface area (Å²) in [6.07, 6.45) is 0. The smallest absolute Gasteiger partial charge is 0.136 e. The Morgan fingerprint density at radius 3 is 1.65 bits per heavy atom. The number of hydrogen-bond donors (Lipinski definition) is 0. The zero-order valence-corrected chi connectivity index (χ0v) is 30.0. The number of thiophene rings is 1. The number of rotatable bonds is 3. The Balaban J connectivity index is 1.09. The van der Waals surface area contributed by atoms with Crippen molar-refractivity contribution in [1.82, 2.24) is 0 Å². The van der Waals surface area contributed by atoms with Crippen LogP contribution in [0.15, 0.2) is 186 Å². The van der Waals surface area contributed by atoms with Crippen LogP contribution in [-0.4, -0.2) is 0 Å². The second kappa shape index (κ2) is 11.4. The van der Waals surface area contributed by atoms with Crippen molar-refractivity contribution in [3.05, 3.63) is 182 Å². The second-order valence-corrected chi connectivity index (χ2v) is 15.4. The summed E-state index contributed by atoms with van der Waals surface area (Å²) in [6, 6.07) is 66.8. The van der Waals surface area contributed by atoms with Crippen LogP contribution in [-0.2, 0) is 0 Å². The van der Waals surface area contributed by atoms with Gasteiger partial charge in [-0.05, 0) is 101 Å². The van der Waals surface area contributed by atoms with E-state index in [1.165, 1.54) is 107 Å². The minimum absolute atomic E-state index is 0.940. The van der Waals surface area contributed by atoms with E-state index in [-0.39, 0.29) is 0 Å². The molecule has 2 aromatic heterocycles. The Hall–Kier alpha value is -6.74. The molecule has 0 bridgehead atoms. The molecule has 0 atom stereocenters. The number of hydrogen-bond acceptors (Lipinski definition) is 2. The topological polar surface area (TPSA) is 13.1 Å². The highest BCUT2D eigenvalue weighted by Gasteiger charge is 2.20. The Labute approximate surface area is 314 Å². The van der Waals surface area contributed by atoms with E-state index in [9.17, 15) is 0 Å². The quantitative estimate of drug-likeness (QED) is 0.167. The van der Waals surface area contributed by atoms with Gasteiger partial charge < -0.3 is 4.42 Å². The molecule has 250 valence electrons. The van der Waals surface area contributed by atoms with Gasteiger partial charge in [0.25, 0.3) is 0 Å². The van der Waals surface area contributed by atoms with Gasteiger partial charge in [-0.25, -0.2) is 0 Å². The van der Waals surface area contributed by atoms with E-state index in [0.29, 0.717) is 0 Å². The van der Waals surface area contributed by atoms with Crippen molar-refractivity contribution >= 4 is 96.5 Å². The molecule has 54 heavy (non-hydrogen) atoms. The molecule has 0 saturated carbocycles. The van der Waals surface area contributed by atoms with Gasteiger partial charge >= 0.3 is 0 Å². The van der Waals surface area contributed by atoms with Crippen LogP contribution in [0.2, 0.25) is 0 Å². The van der Waals surface area contributed by atoms with Crippen LogP contribution in [0.5, 0.6) is 0 Å². The first kappa shape index (κ1) is 29.8. The predicted octanol–water partition coefficient (Wildman–Crippen LogP) is 15.6. The summed E-state index contributed by atoms with van der Waals surface area (Å²) in [5, 5.41) is 15.0. The van der Waals surface area contributed by atoms with Gasteiger partial charge in [-0.2, -0.15) is 0 Å². The molecule has 0 unspecified atom stereocenters. The minimum atomic E-state index is 0.940. The molecule has 0 N–H and O–H groups in total. The molecule has 0 aliphatic rings. The first-order valence-electron chi connectivity index (χ1n) is 18.5. The van der Waals surface area contributed by atoms with Gasteiger partial charge in [0.05, 0.1) is 0 Å². The summed E-state index contributed by atoms with van der Waals surface area (Å²) in [5.41, 5.74) is 9.43. The van der Waals surface area contributed by atoms with E-state index in [2.05, 4.69) is 182 Å². The summed E-state index contributed by atoms with van der Waals surface area (Å²) < 4.78 is 8.99. The average Bonchev–Trinajstić information content (AvgIpc) is 3.78. The zero-order valence-electron chi connectivity index (χ0n) is 29.1. The lowest BCUT2D eigenvalue weighted by Gasteiger charge is -2.19. The SMILES string of the molecule is c1ccc(-c2ccc(-c3c4ccccc4c(-c4ccc5c(c4)sc4cc6oc7ccc8ccccc8c7c6cc45)c4ccccc34)c3ccccc23)cc1. The summed E-state index contributed by atoms with van der Waals surface area (Å²) in [7, 11) is 0. The molecule has 2 heterocycles. The van der Waals surface area contributed by atoms with E-state index in [0.717, 1.165) is 11.2 Å². The molecule has 0 aliphatic carbocycles. The maximum atomic E-state index is 6.46. The van der Waals surface area contributed by atoms with Crippen molar-refractivity contribution in [2.24, 2.45) is 0 Å². The third kappa shape index (κ3) is 4.26. The maximum absolute atomic E-state index is 6.46. The van der Waals surface area contributed by atoms with Crippen LogP contribution in [0.3, 0.4) is 0 Å². The van der Waals surface area contributed by atoms with Gasteiger partial charge in [0.15, 0.2) is 0 Å². The summed E-state index contributed by atoms with van der Waals surface area (Å²) >= 11 is 1.85. The van der Waals surface area contributed by atoms with Crippen molar-refractivity contribution in [1.29, 1.82) is 0 Å². The van der Waals surface area contributed by atoms with Gasteiger partial charge in [-0.15, -0.1) is 11.3 Å². The normalized spacial score (nSPS) is 12.1. The van der Waals surface area contributed by atoms with Crippen LogP contribution in [0.1, 0.15) is 0 Å². The number of fused-ring (bicyclic) bond motifs is 11. The van der Waals surface area contributed by atoms with Crippen molar-refractivity contribution < 1.29 is 4.42 Å². The summed E-state index contributed by atoms with van der Waals surface area (Å²) in [5.74, 6) is 0. The molecular weight excluding hydrogens is 673 g/mol. The molecule has 0 amide bonds. The number of benzene rings is 10. The van der Waals surface area contributed by atoms with Gasteiger partial charge in [0.1, 0.15) is 11.2 Å². The lowest BCUT2D eigenvalue weighted by molar-refractivity contribution is 0.670. The number of furan rings is 1. The fourth-order valence-corrected chi connectivity index (χ4v) is 10.2. The highest BCUT2D eigenvalue weighted by molar-refractivity contribution is 7.26. The highest BCUT2D eigenvalue weighted by atomic mass is 32.1. The largest absolute Gasteiger partial charge is 0.456 e. The average molecular weight is 703 g/mol. The van der Waals surface area contributed by atoms with E-state index in [4.69, 9.17) is 4.42 Å². The Morgan fingerprint density at radius 2 is 0.907 bits per heavy atom. The molecule has 0 aliphatic heterocycles. The molecule has 0 radical (unpaired) electrons. The molecule has 12 rings (SSSR count). The van der Waals surface area contributed by atoms with Crippen molar-refractivity contribution in [3.63, 3.8) is 0 Å². The van der Waals surface area contributed by atoms with Crippen molar-refractivity contribution in [2.45, 2.75) is 0 Å². The molecule has 1 nitrogen and oxygen atoms in total. The van der Waals surface area contributed by atoms with Gasteiger partial charge in [-0.1, -0.05) is 158 Å². The molecule has 12 aromatic rings. The monoisotopic (exact) mass is 702 g/mol. The van der Waals surface area contributed by atoms with E-state index in [1.807, 2.05) is 11.3 Å².